The van der Waals surface area contributed by atoms with E-state index in [0.717, 1.165) is 5.56 Å². The maximum absolute atomic E-state index is 12.5. The molecule has 0 saturated carbocycles. The summed E-state index contributed by atoms with van der Waals surface area (Å²) < 4.78 is 6.94. The van der Waals surface area contributed by atoms with Crippen LogP contribution in [0.3, 0.4) is 0 Å². The van der Waals surface area contributed by atoms with Crippen molar-refractivity contribution < 1.29 is 9.53 Å². The van der Waals surface area contributed by atoms with E-state index in [1.807, 2.05) is 13.0 Å². The molecule has 138 valence electrons. The molecular weight excluding hydrogens is 495 g/mol. The van der Waals surface area contributed by atoms with E-state index in [4.69, 9.17) is 16.3 Å². The number of amides is 1. The van der Waals surface area contributed by atoms with E-state index >= 15 is 0 Å². The van der Waals surface area contributed by atoms with Crippen LogP contribution in [0.25, 0.3) is 6.08 Å². The Morgan fingerprint density at radius 2 is 2.00 bits per heavy atom. The van der Waals surface area contributed by atoms with Crippen LogP contribution in [0.4, 0.5) is 5.69 Å². The Hall–Kier alpha value is -2.07. The summed E-state index contributed by atoms with van der Waals surface area (Å²) in [6.45, 7) is 5.82. The molecule has 2 rings (SSSR count). The van der Waals surface area contributed by atoms with Crippen molar-refractivity contribution in [3.63, 3.8) is 0 Å². The summed E-state index contributed by atoms with van der Waals surface area (Å²) >= 11 is 12.8. The van der Waals surface area contributed by atoms with E-state index in [9.17, 15) is 10.1 Å². The summed E-state index contributed by atoms with van der Waals surface area (Å²) in [5, 5.41) is 12.6. The molecule has 0 aromatic heterocycles. The molecular formula is C20H15Br2ClN2O2. The quantitative estimate of drug-likeness (QED) is 0.283. The lowest BCUT2D eigenvalue weighted by molar-refractivity contribution is -0.112. The van der Waals surface area contributed by atoms with Crippen LogP contribution in [0.2, 0.25) is 5.02 Å². The van der Waals surface area contributed by atoms with Crippen LogP contribution in [-0.2, 0) is 4.79 Å². The maximum atomic E-state index is 12.5. The van der Waals surface area contributed by atoms with Gasteiger partial charge in [-0.3, -0.25) is 4.79 Å². The van der Waals surface area contributed by atoms with Crippen LogP contribution in [0.5, 0.6) is 5.75 Å². The van der Waals surface area contributed by atoms with Gasteiger partial charge < -0.3 is 10.1 Å². The second-order valence-corrected chi connectivity index (χ2v) is 7.64. The fraction of sp³-hybridized carbons (Fsp3) is 0.100. The van der Waals surface area contributed by atoms with E-state index in [0.29, 0.717) is 37.6 Å². The van der Waals surface area contributed by atoms with Gasteiger partial charge in [0.15, 0.2) is 0 Å². The number of carbonyl (C=O) groups is 1. The first-order valence-electron chi connectivity index (χ1n) is 7.77. The highest BCUT2D eigenvalue weighted by Gasteiger charge is 2.13. The highest BCUT2D eigenvalue weighted by atomic mass is 79.9. The Balaban J connectivity index is 2.30. The van der Waals surface area contributed by atoms with Crippen LogP contribution < -0.4 is 10.1 Å². The van der Waals surface area contributed by atoms with Gasteiger partial charge in [0.05, 0.1) is 8.95 Å². The molecule has 1 N–H and O–H groups in total. The predicted molar refractivity (Wildman–Crippen MR) is 116 cm³/mol. The fourth-order valence-corrected chi connectivity index (χ4v) is 3.80. The molecule has 0 unspecified atom stereocenters. The molecule has 27 heavy (non-hydrogen) atoms. The number of aryl methyl sites for hydroxylation is 1. The van der Waals surface area contributed by atoms with Gasteiger partial charge in [-0.1, -0.05) is 30.3 Å². The summed E-state index contributed by atoms with van der Waals surface area (Å²) in [4.78, 5) is 12.5. The summed E-state index contributed by atoms with van der Waals surface area (Å²) in [7, 11) is 0. The first-order valence-corrected chi connectivity index (χ1v) is 9.74. The number of carbonyl (C=O) groups excluding carboxylic acids is 1. The van der Waals surface area contributed by atoms with E-state index in [1.165, 1.54) is 6.08 Å². The Morgan fingerprint density at radius 3 is 2.59 bits per heavy atom. The lowest BCUT2D eigenvalue weighted by Crippen LogP contribution is -2.14. The van der Waals surface area contributed by atoms with Crippen molar-refractivity contribution in [2.75, 3.05) is 11.9 Å². The third-order valence-electron chi connectivity index (χ3n) is 3.49. The topological polar surface area (TPSA) is 62.1 Å². The Morgan fingerprint density at radius 1 is 1.33 bits per heavy atom. The van der Waals surface area contributed by atoms with Crippen molar-refractivity contribution in [3.05, 3.63) is 73.7 Å². The summed E-state index contributed by atoms with van der Waals surface area (Å²) in [6.07, 6.45) is 3.14. The summed E-state index contributed by atoms with van der Waals surface area (Å²) in [5.41, 5.74) is 2.03. The van der Waals surface area contributed by atoms with Crippen LogP contribution >= 0.6 is 43.5 Å². The third kappa shape index (κ3) is 5.70. The SMILES string of the molecule is C=CCOc1c(Br)cc(/C=C(\C#N)C(=O)Nc2cc(Cl)ccc2C)cc1Br. The van der Waals surface area contributed by atoms with Crippen molar-refractivity contribution in [2.24, 2.45) is 0 Å². The van der Waals surface area contributed by atoms with Gasteiger partial charge in [-0.15, -0.1) is 0 Å². The van der Waals surface area contributed by atoms with Crippen molar-refractivity contribution in [3.8, 4) is 11.8 Å². The molecule has 0 bridgehead atoms. The number of halogens is 3. The van der Waals surface area contributed by atoms with E-state index in [1.54, 1.807) is 36.4 Å². The van der Waals surface area contributed by atoms with E-state index < -0.39 is 5.91 Å². The number of hydrogen-bond donors (Lipinski definition) is 1. The number of hydrogen-bond acceptors (Lipinski definition) is 3. The van der Waals surface area contributed by atoms with Crippen LogP contribution in [0, 0.1) is 18.3 Å². The van der Waals surface area contributed by atoms with Gasteiger partial charge in [-0.05, 0) is 80.3 Å². The molecule has 0 atom stereocenters. The molecule has 0 heterocycles. The summed E-state index contributed by atoms with van der Waals surface area (Å²) in [6, 6.07) is 10.6. The third-order valence-corrected chi connectivity index (χ3v) is 4.90. The first kappa shape index (κ1) is 21.2. The molecule has 1 amide bonds. The van der Waals surface area contributed by atoms with Crippen LogP contribution in [-0.4, -0.2) is 12.5 Å². The van der Waals surface area contributed by atoms with Gasteiger partial charge >= 0.3 is 0 Å². The Kier molecular flexibility index (Phi) is 7.66. The summed E-state index contributed by atoms with van der Waals surface area (Å²) in [5.74, 6) is 0.103. The highest BCUT2D eigenvalue weighted by molar-refractivity contribution is 9.11. The molecule has 0 saturated heterocycles. The fourth-order valence-electron chi connectivity index (χ4n) is 2.18. The zero-order valence-corrected chi connectivity index (χ0v) is 18.3. The molecule has 0 aliphatic heterocycles. The molecule has 0 fully saturated rings. The smallest absolute Gasteiger partial charge is 0.266 e. The minimum Gasteiger partial charge on any atom is -0.487 e. The molecule has 4 nitrogen and oxygen atoms in total. The molecule has 0 radical (unpaired) electrons. The zero-order valence-electron chi connectivity index (χ0n) is 14.4. The van der Waals surface area contributed by atoms with Gasteiger partial charge in [0, 0.05) is 10.7 Å². The van der Waals surface area contributed by atoms with Crippen molar-refractivity contribution in [2.45, 2.75) is 6.92 Å². The lowest BCUT2D eigenvalue weighted by Gasteiger charge is -2.10. The van der Waals surface area contributed by atoms with Gasteiger partial charge in [0.2, 0.25) is 0 Å². The lowest BCUT2D eigenvalue weighted by atomic mass is 10.1. The normalized spacial score (nSPS) is 10.9. The second-order valence-electron chi connectivity index (χ2n) is 5.50. The van der Waals surface area contributed by atoms with Crippen molar-refractivity contribution in [1.82, 2.24) is 0 Å². The average molecular weight is 511 g/mol. The number of nitriles is 1. The van der Waals surface area contributed by atoms with Crippen molar-refractivity contribution in [1.29, 1.82) is 5.26 Å². The minimum absolute atomic E-state index is 0.0343. The molecule has 0 spiro atoms. The molecule has 7 heteroatoms. The monoisotopic (exact) mass is 508 g/mol. The zero-order chi connectivity index (χ0) is 20.0. The van der Waals surface area contributed by atoms with Gasteiger partial charge in [-0.25, -0.2) is 0 Å². The number of rotatable bonds is 6. The number of nitrogens with zero attached hydrogens (tertiary/aromatic N) is 1. The van der Waals surface area contributed by atoms with Crippen molar-refractivity contribution >= 4 is 61.1 Å². The van der Waals surface area contributed by atoms with E-state index in [2.05, 4.69) is 43.8 Å². The van der Waals surface area contributed by atoms with Gasteiger partial charge in [-0.2, -0.15) is 5.26 Å². The Labute approximate surface area is 179 Å². The Bertz CT molecular complexity index is 942. The first-order chi connectivity index (χ1) is 12.8. The molecule has 2 aromatic carbocycles. The van der Waals surface area contributed by atoms with Crippen LogP contribution in [0.15, 0.2) is 57.5 Å². The maximum Gasteiger partial charge on any atom is 0.266 e. The molecule has 2 aromatic rings. The standard InChI is InChI=1S/C20H15Br2ClN2O2/c1-3-6-27-19-16(21)8-13(9-17(19)22)7-14(11-24)20(26)25-18-10-15(23)5-4-12(18)2/h3-5,7-10H,1,6H2,2H3,(H,25,26)/b14-7+. The number of benzene rings is 2. The van der Waals surface area contributed by atoms with Gasteiger partial charge in [0.25, 0.3) is 5.91 Å². The molecule has 0 aliphatic rings. The van der Waals surface area contributed by atoms with Gasteiger partial charge in [0.1, 0.15) is 24.0 Å². The number of ether oxygens (including phenoxy) is 1. The number of anilines is 1. The number of nitrogens with one attached hydrogen (secondary N) is 1. The molecule has 0 aliphatic carbocycles. The predicted octanol–water partition coefficient (Wildman–Crippen LogP) is 6.28. The minimum atomic E-state index is -0.512. The van der Waals surface area contributed by atoms with E-state index in [-0.39, 0.29) is 5.57 Å². The second kappa shape index (κ2) is 9.75. The van der Waals surface area contributed by atoms with Crippen LogP contribution in [0.1, 0.15) is 11.1 Å². The largest absolute Gasteiger partial charge is 0.487 e. The highest BCUT2D eigenvalue weighted by Crippen LogP contribution is 2.35. The average Bonchev–Trinajstić information content (AvgIpc) is 2.62.